The highest BCUT2D eigenvalue weighted by Crippen LogP contribution is 2.21. The maximum atomic E-state index is 13.5. The zero-order valence-corrected chi connectivity index (χ0v) is 19.7. The Morgan fingerprint density at radius 1 is 1.03 bits per heavy atom. The summed E-state index contributed by atoms with van der Waals surface area (Å²) in [5.74, 6) is -1.35. The molecule has 0 aliphatic heterocycles. The Balaban J connectivity index is 1.95. The van der Waals surface area contributed by atoms with Crippen LogP contribution in [0.15, 0.2) is 77.7 Å². The lowest BCUT2D eigenvalue weighted by Gasteiger charge is -2.24. The van der Waals surface area contributed by atoms with Gasteiger partial charge >= 0.3 is 5.97 Å². The quantitative estimate of drug-likeness (QED) is 0.430. The van der Waals surface area contributed by atoms with Gasteiger partial charge in [0.2, 0.25) is 5.91 Å². The molecule has 2 atom stereocenters. The van der Waals surface area contributed by atoms with E-state index in [1.54, 1.807) is 18.3 Å². The number of carboxylic acid groups (broad SMARTS) is 1. The van der Waals surface area contributed by atoms with Crippen LogP contribution in [0.4, 0.5) is 0 Å². The van der Waals surface area contributed by atoms with Gasteiger partial charge in [0.05, 0.1) is 12.5 Å². The van der Waals surface area contributed by atoms with Gasteiger partial charge in [-0.25, -0.2) is 0 Å². The molecule has 0 saturated carbocycles. The molecule has 0 saturated heterocycles. The van der Waals surface area contributed by atoms with Crippen LogP contribution >= 0.6 is 0 Å². The van der Waals surface area contributed by atoms with Gasteiger partial charge in [-0.1, -0.05) is 80.4 Å². The lowest BCUT2D eigenvalue weighted by molar-refractivity contribution is -0.137. The fraction of sp³-hybridized carbons (Fsp3) is 0.321. The van der Waals surface area contributed by atoms with Gasteiger partial charge in [-0.2, -0.15) is 0 Å². The van der Waals surface area contributed by atoms with Crippen molar-refractivity contribution in [3.8, 4) is 0 Å². The van der Waals surface area contributed by atoms with Crippen molar-refractivity contribution in [2.75, 3.05) is 0 Å². The number of benzene rings is 2. The van der Waals surface area contributed by atoms with E-state index in [2.05, 4.69) is 5.32 Å². The second kappa shape index (κ2) is 12.0. The zero-order chi connectivity index (χ0) is 24.5. The van der Waals surface area contributed by atoms with Crippen LogP contribution in [-0.2, 0) is 16.0 Å². The highest BCUT2D eigenvalue weighted by Gasteiger charge is 2.26. The van der Waals surface area contributed by atoms with Gasteiger partial charge in [0.1, 0.15) is 6.04 Å². The highest BCUT2D eigenvalue weighted by molar-refractivity contribution is 5.81. The SMILES string of the molecule is CCCCC(C(=O)NC(CC(=O)O)c1ccccc1)n1cc(C)cc(Cc2ccccc2)c1=O. The van der Waals surface area contributed by atoms with Crippen LogP contribution in [0, 0.1) is 6.92 Å². The predicted octanol–water partition coefficient (Wildman–Crippen LogP) is 4.81. The van der Waals surface area contributed by atoms with Gasteiger partial charge in [0.15, 0.2) is 0 Å². The number of hydrogen-bond acceptors (Lipinski definition) is 3. The molecule has 2 aromatic carbocycles. The molecule has 178 valence electrons. The summed E-state index contributed by atoms with van der Waals surface area (Å²) in [6, 6.07) is 19.3. The van der Waals surface area contributed by atoms with E-state index in [1.165, 1.54) is 4.57 Å². The highest BCUT2D eigenvalue weighted by atomic mass is 16.4. The molecule has 2 N–H and O–H groups in total. The van der Waals surface area contributed by atoms with E-state index in [-0.39, 0.29) is 17.9 Å². The summed E-state index contributed by atoms with van der Waals surface area (Å²) >= 11 is 0. The third kappa shape index (κ3) is 6.67. The number of amides is 1. The maximum Gasteiger partial charge on any atom is 0.305 e. The number of aliphatic carboxylic acids is 1. The van der Waals surface area contributed by atoms with E-state index in [4.69, 9.17) is 0 Å². The number of pyridine rings is 1. The topological polar surface area (TPSA) is 88.4 Å². The Labute approximate surface area is 200 Å². The van der Waals surface area contributed by atoms with Gasteiger partial charge in [0.25, 0.3) is 5.56 Å². The molecule has 1 aromatic heterocycles. The summed E-state index contributed by atoms with van der Waals surface area (Å²) in [6.45, 7) is 3.95. The molecule has 0 bridgehead atoms. The molecule has 34 heavy (non-hydrogen) atoms. The molecule has 2 unspecified atom stereocenters. The molecule has 1 heterocycles. The number of carbonyl (C=O) groups is 2. The molecule has 0 aliphatic rings. The van der Waals surface area contributed by atoms with Crippen LogP contribution in [0.2, 0.25) is 0 Å². The van der Waals surface area contributed by atoms with E-state index >= 15 is 0 Å². The third-order valence-corrected chi connectivity index (χ3v) is 5.86. The Bertz CT molecular complexity index is 1160. The Hall–Kier alpha value is -3.67. The smallest absolute Gasteiger partial charge is 0.305 e. The normalized spacial score (nSPS) is 12.6. The molecular weight excluding hydrogens is 428 g/mol. The number of nitrogens with zero attached hydrogens (tertiary/aromatic N) is 1. The van der Waals surface area contributed by atoms with Crippen LogP contribution < -0.4 is 10.9 Å². The van der Waals surface area contributed by atoms with Gasteiger partial charge in [-0.05, 0) is 36.1 Å². The van der Waals surface area contributed by atoms with Gasteiger partial charge in [0, 0.05) is 18.2 Å². The number of unbranched alkanes of at least 4 members (excludes halogenated alkanes) is 1. The number of carboxylic acids is 1. The molecule has 0 radical (unpaired) electrons. The summed E-state index contributed by atoms with van der Waals surface area (Å²) in [5.41, 5.74) is 3.07. The zero-order valence-electron chi connectivity index (χ0n) is 19.7. The minimum absolute atomic E-state index is 0.194. The molecule has 1 amide bonds. The number of hydrogen-bond donors (Lipinski definition) is 2. The third-order valence-electron chi connectivity index (χ3n) is 5.86. The molecular formula is C28H32N2O4. The van der Waals surface area contributed by atoms with Crippen LogP contribution in [0.5, 0.6) is 0 Å². The van der Waals surface area contributed by atoms with E-state index in [9.17, 15) is 19.5 Å². The lowest BCUT2D eigenvalue weighted by Crippen LogP contribution is -2.40. The van der Waals surface area contributed by atoms with Crippen molar-refractivity contribution in [1.29, 1.82) is 0 Å². The van der Waals surface area contributed by atoms with Gasteiger partial charge in [-0.3, -0.25) is 14.4 Å². The number of nitrogens with one attached hydrogen (secondary N) is 1. The second-order valence-corrected chi connectivity index (χ2v) is 8.65. The summed E-state index contributed by atoms with van der Waals surface area (Å²) < 4.78 is 1.53. The monoisotopic (exact) mass is 460 g/mol. The van der Waals surface area contributed by atoms with Crippen LogP contribution in [-0.4, -0.2) is 21.6 Å². The average Bonchev–Trinajstić information content (AvgIpc) is 2.82. The standard InChI is InChI=1S/C28H32N2O4/c1-3-4-15-25(27(33)29-24(18-26(31)32)22-13-9-6-10-14-22)30-19-20(2)16-23(28(30)34)17-21-11-7-5-8-12-21/h5-14,16,19,24-25H,3-4,15,17-18H2,1-2H3,(H,29,33)(H,31,32). The van der Waals surface area contributed by atoms with Crippen molar-refractivity contribution >= 4 is 11.9 Å². The fourth-order valence-corrected chi connectivity index (χ4v) is 4.17. The minimum atomic E-state index is -1.00. The summed E-state index contributed by atoms with van der Waals surface area (Å²) in [5, 5.41) is 12.3. The van der Waals surface area contributed by atoms with E-state index < -0.39 is 18.1 Å². The first-order valence-corrected chi connectivity index (χ1v) is 11.7. The summed E-state index contributed by atoms with van der Waals surface area (Å²) in [6.07, 6.45) is 4.10. The van der Waals surface area contributed by atoms with Gasteiger partial charge < -0.3 is 15.0 Å². The van der Waals surface area contributed by atoms with Crippen molar-refractivity contribution in [1.82, 2.24) is 9.88 Å². The Morgan fingerprint density at radius 3 is 2.29 bits per heavy atom. The second-order valence-electron chi connectivity index (χ2n) is 8.65. The van der Waals surface area contributed by atoms with Crippen LogP contribution in [0.25, 0.3) is 0 Å². The average molecular weight is 461 g/mol. The molecule has 0 spiro atoms. The minimum Gasteiger partial charge on any atom is -0.481 e. The van der Waals surface area contributed by atoms with Crippen molar-refractivity contribution in [2.24, 2.45) is 0 Å². The number of aryl methyl sites for hydroxylation is 1. The first-order valence-electron chi connectivity index (χ1n) is 11.7. The Kier molecular flexibility index (Phi) is 8.79. The molecule has 6 heteroatoms. The van der Waals surface area contributed by atoms with Crippen molar-refractivity contribution in [2.45, 2.75) is 58.0 Å². The molecule has 6 nitrogen and oxygen atoms in total. The van der Waals surface area contributed by atoms with E-state index in [0.717, 1.165) is 24.0 Å². The van der Waals surface area contributed by atoms with E-state index in [0.29, 0.717) is 24.0 Å². The van der Waals surface area contributed by atoms with Gasteiger partial charge in [-0.15, -0.1) is 0 Å². The van der Waals surface area contributed by atoms with Crippen molar-refractivity contribution in [3.63, 3.8) is 0 Å². The lowest BCUT2D eigenvalue weighted by atomic mass is 10.0. The molecule has 3 aromatic rings. The summed E-state index contributed by atoms with van der Waals surface area (Å²) in [7, 11) is 0. The largest absolute Gasteiger partial charge is 0.481 e. The predicted molar refractivity (Wildman–Crippen MR) is 133 cm³/mol. The number of rotatable bonds is 11. The number of aromatic nitrogens is 1. The fourth-order valence-electron chi connectivity index (χ4n) is 4.17. The van der Waals surface area contributed by atoms with Crippen LogP contribution in [0.3, 0.4) is 0 Å². The van der Waals surface area contributed by atoms with E-state index in [1.807, 2.05) is 68.4 Å². The number of carbonyl (C=O) groups excluding carboxylic acids is 1. The first kappa shape index (κ1) is 25.0. The molecule has 0 fully saturated rings. The summed E-state index contributed by atoms with van der Waals surface area (Å²) in [4.78, 5) is 38.4. The first-order chi connectivity index (χ1) is 16.4. The Morgan fingerprint density at radius 2 is 1.68 bits per heavy atom. The van der Waals surface area contributed by atoms with Crippen molar-refractivity contribution < 1.29 is 14.7 Å². The molecule has 3 rings (SSSR count). The van der Waals surface area contributed by atoms with Crippen LogP contribution in [0.1, 0.15) is 66.9 Å². The maximum absolute atomic E-state index is 13.5. The molecule has 0 aliphatic carbocycles. The van der Waals surface area contributed by atoms with Crippen molar-refractivity contribution in [3.05, 3.63) is 106 Å².